The molecule has 0 aromatic rings. The van der Waals surface area contributed by atoms with Crippen molar-refractivity contribution in [1.29, 1.82) is 0 Å². The van der Waals surface area contributed by atoms with Crippen LogP contribution in [0.25, 0.3) is 0 Å². The summed E-state index contributed by atoms with van der Waals surface area (Å²) in [5, 5.41) is 8.92. The van der Waals surface area contributed by atoms with Crippen LogP contribution in [0.15, 0.2) is 22.0 Å². The highest BCUT2D eigenvalue weighted by molar-refractivity contribution is 6.70. The zero-order valence-corrected chi connectivity index (χ0v) is 27.1. The zero-order valence-electron chi connectivity index (χ0n) is 25.1. The van der Waals surface area contributed by atoms with Gasteiger partial charge in [0.2, 0.25) is 0 Å². The maximum absolute atomic E-state index is 7.17. The van der Waals surface area contributed by atoms with Crippen molar-refractivity contribution in [3.05, 3.63) is 11.6 Å². The molecule has 0 aliphatic heterocycles. The number of oxime groups is 2. The Morgan fingerprint density at radius 3 is 2.32 bits per heavy atom. The van der Waals surface area contributed by atoms with Crippen LogP contribution in [0.2, 0.25) is 39.3 Å². The second kappa shape index (κ2) is 10.5. The van der Waals surface area contributed by atoms with E-state index in [1.54, 1.807) is 19.8 Å². The van der Waals surface area contributed by atoms with Gasteiger partial charge in [0.15, 0.2) is 16.6 Å². The molecule has 7 atom stereocenters. The molecule has 4 aliphatic carbocycles. The van der Waals surface area contributed by atoms with E-state index in [1.807, 2.05) is 0 Å². The normalized spacial score (nSPS) is 39.5. The summed E-state index contributed by atoms with van der Waals surface area (Å²) >= 11 is 0. The van der Waals surface area contributed by atoms with Gasteiger partial charge in [0.1, 0.15) is 14.2 Å². The summed E-state index contributed by atoms with van der Waals surface area (Å²) in [5.41, 5.74) is 4.11. The number of nitrogens with zero attached hydrogens (tertiary/aromatic N) is 2. The average molecular weight is 549 g/mol. The van der Waals surface area contributed by atoms with Gasteiger partial charge < -0.3 is 18.5 Å². The molecule has 0 spiro atoms. The van der Waals surface area contributed by atoms with Crippen molar-refractivity contribution < 1.29 is 18.5 Å². The third-order valence-electron chi connectivity index (χ3n) is 9.86. The van der Waals surface area contributed by atoms with E-state index in [-0.39, 0.29) is 16.9 Å². The molecule has 4 aliphatic rings. The lowest BCUT2D eigenvalue weighted by molar-refractivity contribution is -0.114. The molecule has 6 nitrogen and oxygen atoms in total. The Balaban J connectivity index is 1.71. The fourth-order valence-corrected chi connectivity index (χ4v) is 10.3. The van der Waals surface area contributed by atoms with E-state index < -0.39 is 16.6 Å². The van der Waals surface area contributed by atoms with E-state index in [4.69, 9.17) is 18.5 Å². The van der Waals surface area contributed by atoms with E-state index in [0.717, 1.165) is 37.1 Å². The Morgan fingerprint density at radius 2 is 1.70 bits per heavy atom. The highest BCUT2D eigenvalue weighted by Crippen LogP contribution is 2.67. The Labute approximate surface area is 227 Å². The Kier molecular flexibility index (Phi) is 8.27. The lowest BCUT2D eigenvalue weighted by Gasteiger charge is -2.61. The molecule has 0 saturated heterocycles. The Hall–Kier alpha value is -0.966. The lowest BCUT2D eigenvalue weighted by atomic mass is 9.46. The number of hydrogen-bond donors (Lipinski definition) is 0. The predicted octanol–water partition coefficient (Wildman–Crippen LogP) is 7.25. The van der Waals surface area contributed by atoms with Crippen LogP contribution in [-0.4, -0.2) is 55.0 Å². The second-order valence-electron chi connectivity index (χ2n) is 14.5. The standard InChI is InChI=1S/C29H52N2O4Si2/c1-28-16-15-21(30-32-3)17-20(28)11-12-22-23-13-14-24(25(31-33-4)19-34-36(5,6)7)29(23,2)18-26(27(22)28)35-37(8,9)10/h17,22-24,26-27H,11-16,18-19H2,1-10H3/b30-21+,31-25+. The van der Waals surface area contributed by atoms with Crippen molar-refractivity contribution in [1.82, 2.24) is 0 Å². The van der Waals surface area contributed by atoms with Gasteiger partial charge in [-0.2, -0.15) is 0 Å². The number of fused-ring (bicyclic) bond motifs is 5. The molecule has 37 heavy (non-hydrogen) atoms. The third-order valence-corrected chi connectivity index (χ3v) is 11.9. The van der Waals surface area contributed by atoms with Gasteiger partial charge in [-0.15, -0.1) is 0 Å². The van der Waals surface area contributed by atoms with E-state index in [1.165, 1.54) is 19.3 Å². The molecule has 0 radical (unpaired) electrons. The van der Waals surface area contributed by atoms with Gasteiger partial charge >= 0.3 is 0 Å². The molecule has 0 N–H and O–H groups in total. The van der Waals surface area contributed by atoms with Gasteiger partial charge in [0.25, 0.3) is 0 Å². The molecular formula is C29H52N2O4Si2. The summed E-state index contributed by atoms with van der Waals surface area (Å²) in [5.74, 6) is 2.31. The van der Waals surface area contributed by atoms with E-state index in [9.17, 15) is 0 Å². The molecule has 7 unspecified atom stereocenters. The minimum absolute atomic E-state index is 0.153. The summed E-state index contributed by atoms with van der Waals surface area (Å²) in [7, 11) is -0.0849. The van der Waals surface area contributed by atoms with Crippen LogP contribution in [0.5, 0.6) is 0 Å². The molecule has 0 heterocycles. The first kappa shape index (κ1) is 29.0. The maximum atomic E-state index is 7.17. The number of allylic oxidation sites excluding steroid dienone is 2. The largest absolute Gasteiger partial charge is 0.414 e. The molecule has 0 aromatic carbocycles. The molecule has 0 aromatic heterocycles. The number of rotatable bonds is 8. The van der Waals surface area contributed by atoms with Gasteiger partial charge in [-0.05, 0) is 119 Å². The predicted molar refractivity (Wildman–Crippen MR) is 157 cm³/mol. The first-order chi connectivity index (χ1) is 17.2. The molecule has 8 heteroatoms. The van der Waals surface area contributed by atoms with Crippen LogP contribution in [0.1, 0.15) is 58.8 Å². The minimum atomic E-state index is -1.76. The highest BCUT2D eigenvalue weighted by atomic mass is 28.4. The lowest BCUT2D eigenvalue weighted by Crippen LogP contribution is -2.59. The first-order valence-electron chi connectivity index (χ1n) is 14.4. The summed E-state index contributed by atoms with van der Waals surface area (Å²) < 4.78 is 13.6. The summed E-state index contributed by atoms with van der Waals surface area (Å²) in [6.07, 6.45) is 10.7. The van der Waals surface area contributed by atoms with Crippen molar-refractivity contribution in [3.63, 3.8) is 0 Å². The average Bonchev–Trinajstić information content (AvgIpc) is 3.11. The van der Waals surface area contributed by atoms with Gasteiger partial charge in [-0.3, -0.25) is 0 Å². The molecule has 3 saturated carbocycles. The fraction of sp³-hybridized carbons (Fsp3) is 0.862. The van der Waals surface area contributed by atoms with E-state index in [2.05, 4.69) is 69.5 Å². The quantitative estimate of drug-likeness (QED) is 0.182. The van der Waals surface area contributed by atoms with Crippen LogP contribution < -0.4 is 0 Å². The van der Waals surface area contributed by atoms with Gasteiger partial charge in [0.05, 0.1) is 18.0 Å². The molecule has 3 fully saturated rings. The molecule has 210 valence electrons. The van der Waals surface area contributed by atoms with Gasteiger partial charge in [-0.25, -0.2) is 0 Å². The van der Waals surface area contributed by atoms with Crippen LogP contribution in [0, 0.1) is 34.5 Å². The molecule has 0 amide bonds. The second-order valence-corrected chi connectivity index (χ2v) is 23.4. The van der Waals surface area contributed by atoms with Crippen LogP contribution >= 0.6 is 0 Å². The summed E-state index contributed by atoms with van der Waals surface area (Å²) in [4.78, 5) is 10.6. The molecular weight excluding hydrogens is 497 g/mol. The fourth-order valence-electron chi connectivity index (χ4n) is 8.56. The van der Waals surface area contributed by atoms with Gasteiger partial charge in [0, 0.05) is 12.0 Å². The molecule has 0 bridgehead atoms. The number of hydrogen-bond acceptors (Lipinski definition) is 6. The SMILES string of the molecule is CO/N=C(\CO[Si](C)(C)C)C1CCC2C3CCC4=C/C(=N/OC)CCC4(C)C3C(O[Si](C)(C)C)CC12C. The van der Waals surface area contributed by atoms with E-state index >= 15 is 0 Å². The maximum Gasteiger partial charge on any atom is 0.184 e. The van der Waals surface area contributed by atoms with E-state index in [0.29, 0.717) is 30.3 Å². The smallest absolute Gasteiger partial charge is 0.184 e. The highest BCUT2D eigenvalue weighted by Gasteiger charge is 2.63. The Morgan fingerprint density at radius 1 is 0.973 bits per heavy atom. The first-order valence-corrected chi connectivity index (χ1v) is 21.3. The third kappa shape index (κ3) is 5.82. The Bertz CT molecular complexity index is 937. The minimum Gasteiger partial charge on any atom is -0.414 e. The van der Waals surface area contributed by atoms with Crippen LogP contribution in [0.3, 0.4) is 0 Å². The zero-order chi connectivity index (χ0) is 27.2. The monoisotopic (exact) mass is 548 g/mol. The van der Waals surface area contributed by atoms with Crippen molar-refractivity contribution >= 4 is 28.1 Å². The molecule has 4 rings (SSSR count). The van der Waals surface area contributed by atoms with Gasteiger partial charge in [-0.1, -0.05) is 29.7 Å². The summed E-state index contributed by atoms with van der Waals surface area (Å²) in [6, 6.07) is 0. The van der Waals surface area contributed by atoms with Crippen molar-refractivity contribution in [2.45, 2.75) is 104 Å². The summed E-state index contributed by atoms with van der Waals surface area (Å²) in [6.45, 7) is 19.5. The van der Waals surface area contributed by atoms with Crippen LogP contribution in [0.4, 0.5) is 0 Å². The van der Waals surface area contributed by atoms with Crippen molar-refractivity contribution in [2.24, 2.45) is 44.8 Å². The topological polar surface area (TPSA) is 61.6 Å². The van der Waals surface area contributed by atoms with Crippen molar-refractivity contribution in [3.8, 4) is 0 Å². The van der Waals surface area contributed by atoms with Crippen LogP contribution in [-0.2, 0) is 18.5 Å². The van der Waals surface area contributed by atoms with Crippen molar-refractivity contribution in [2.75, 3.05) is 20.8 Å².